The van der Waals surface area contributed by atoms with Gasteiger partial charge in [0, 0.05) is 25.1 Å². The number of nitrogens with zero attached hydrogens (tertiary/aromatic N) is 2. The topological polar surface area (TPSA) is 81.2 Å². The molecule has 1 aromatic carbocycles. The van der Waals surface area contributed by atoms with E-state index in [9.17, 15) is 8.42 Å². The number of aromatic nitrogens is 2. The van der Waals surface area contributed by atoms with E-state index in [1.807, 2.05) is 6.92 Å². The van der Waals surface area contributed by atoms with Crippen molar-refractivity contribution < 1.29 is 13.2 Å². The predicted molar refractivity (Wildman–Crippen MR) is 75.8 cm³/mol. The van der Waals surface area contributed by atoms with Gasteiger partial charge < -0.3 is 10.1 Å². The largest absolute Gasteiger partial charge is 0.439 e. The van der Waals surface area contributed by atoms with Gasteiger partial charge in [-0.05, 0) is 25.1 Å². The Hall–Kier alpha value is -2.15. The van der Waals surface area contributed by atoms with Crippen molar-refractivity contribution in [1.82, 2.24) is 9.97 Å². The van der Waals surface area contributed by atoms with Gasteiger partial charge in [-0.25, -0.2) is 13.4 Å². The van der Waals surface area contributed by atoms with E-state index in [0.29, 0.717) is 24.1 Å². The maximum absolute atomic E-state index is 11.5. The van der Waals surface area contributed by atoms with Crippen molar-refractivity contribution in [3.8, 4) is 11.6 Å². The van der Waals surface area contributed by atoms with Crippen LogP contribution in [0.3, 0.4) is 0 Å². The molecule has 1 heterocycles. The van der Waals surface area contributed by atoms with Gasteiger partial charge in [0.2, 0.25) is 11.8 Å². The van der Waals surface area contributed by atoms with Gasteiger partial charge >= 0.3 is 0 Å². The Labute approximate surface area is 117 Å². The number of anilines is 1. The van der Waals surface area contributed by atoms with Crippen molar-refractivity contribution in [3.05, 3.63) is 36.5 Å². The summed E-state index contributed by atoms with van der Waals surface area (Å²) in [7, 11) is -3.26. The highest BCUT2D eigenvalue weighted by Gasteiger charge is 2.09. The highest BCUT2D eigenvalue weighted by molar-refractivity contribution is 7.90. The molecular weight excluding hydrogens is 278 g/mol. The van der Waals surface area contributed by atoms with Crippen LogP contribution in [0.15, 0.2) is 41.4 Å². The van der Waals surface area contributed by atoms with Gasteiger partial charge in [-0.1, -0.05) is 6.07 Å². The summed E-state index contributed by atoms with van der Waals surface area (Å²) in [5.74, 6) is 1.22. The molecule has 2 rings (SSSR count). The monoisotopic (exact) mass is 293 g/mol. The molecule has 0 radical (unpaired) electrons. The van der Waals surface area contributed by atoms with E-state index in [1.165, 1.54) is 12.1 Å². The van der Waals surface area contributed by atoms with Gasteiger partial charge in [-0.2, -0.15) is 4.98 Å². The molecule has 2 aromatic rings. The lowest BCUT2D eigenvalue weighted by molar-refractivity contribution is 0.460. The Morgan fingerprint density at radius 3 is 2.80 bits per heavy atom. The number of ether oxygens (including phenoxy) is 1. The molecule has 0 atom stereocenters. The summed E-state index contributed by atoms with van der Waals surface area (Å²) in [5, 5.41) is 2.97. The Bertz CT molecular complexity index is 702. The molecule has 0 spiro atoms. The van der Waals surface area contributed by atoms with E-state index >= 15 is 0 Å². The Kier molecular flexibility index (Phi) is 4.19. The van der Waals surface area contributed by atoms with Gasteiger partial charge in [0.1, 0.15) is 5.75 Å². The first-order valence-electron chi connectivity index (χ1n) is 6.04. The summed E-state index contributed by atoms with van der Waals surface area (Å²) in [6.45, 7) is 2.64. The summed E-state index contributed by atoms with van der Waals surface area (Å²) in [6.07, 6.45) is 2.72. The molecule has 0 aliphatic rings. The van der Waals surface area contributed by atoms with E-state index in [0.717, 1.165) is 6.26 Å². The zero-order valence-electron chi connectivity index (χ0n) is 11.2. The fourth-order valence-electron chi connectivity index (χ4n) is 1.53. The molecular formula is C13H15N3O3S. The molecule has 1 N–H and O–H groups in total. The molecule has 20 heavy (non-hydrogen) atoms. The normalized spacial score (nSPS) is 11.1. The van der Waals surface area contributed by atoms with Crippen molar-refractivity contribution in [2.45, 2.75) is 11.8 Å². The predicted octanol–water partition coefficient (Wildman–Crippen LogP) is 2.10. The zero-order valence-corrected chi connectivity index (χ0v) is 12.0. The van der Waals surface area contributed by atoms with E-state index in [1.54, 1.807) is 24.4 Å². The van der Waals surface area contributed by atoms with Crippen LogP contribution in [0, 0.1) is 0 Å². The third-order valence-corrected chi connectivity index (χ3v) is 3.53. The molecule has 0 bridgehead atoms. The smallest absolute Gasteiger partial charge is 0.225 e. The lowest BCUT2D eigenvalue weighted by Gasteiger charge is -2.07. The Morgan fingerprint density at radius 2 is 2.10 bits per heavy atom. The SMILES string of the molecule is CCNc1nccc(Oc2cccc(S(C)(=O)=O)c2)n1. The van der Waals surface area contributed by atoms with Gasteiger partial charge in [0.05, 0.1) is 4.90 Å². The van der Waals surface area contributed by atoms with Crippen molar-refractivity contribution in [2.24, 2.45) is 0 Å². The molecule has 0 saturated carbocycles. The fraction of sp³-hybridized carbons (Fsp3) is 0.231. The molecule has 0 aliphatic carbocycles. The van der Waals surface area contributed by atoms with E-state index < -0.39 is 9.84 Å². The standard InChI is InChI=1S/C13H15N3O3S/c1-3-14-13-15-8-7-12(16-13)19-10-5-4-6-11(9-10)20(2,17)18/h4-9H,3H2,1-2H3,(H,14,15,16). The molecule has 7 heteroatoms. The van der Waals surface area contributed by atoms with Gasteiger partial charge in [-0.15, -0.1) is 0 Å². The average molecular weight is 293 g/mol. The molecule has 0 fully saturated rings. The van der Waals surface area contributed by atoms with Crippen LogP contribution in [0.4, 0.5) is 5.95 Å². The molecule has 6 nitrogen and oxygen atoms in total. The molecule has 0 saturated heterocycles. The average Bonchev–Trinajstić information content (AvgIpc) is 2.39. The third kappa shape index (κ3) is 3.67. The minimum atomic E-state index is -3.26. The van der Waals surface area contributed by atoms with Crippen molar-refractivity contribution in [1.29, 1.82) is 0 Å². The third-order valence-electron chi connectivity index (χ3n) is 2.42. The van der Waals surface area contributed by atoms with Crippen LogP contribution in [-0.4, -0.2) is 31.2 Å². The fourth-order valence-corrected chi connectivity index (χ4v) is 2.19. The van der Waals surface area contributed by atoms with Gasteiger partial charge in [0.15, 0.2) is 9.84 Å². The van der Waals surface area contributed by atoms with Crippen LogP contribution in [0.2, 0.25) is 0 Å². The molecule has 106 valence electrons. The number of benzene rings is 1. The molecule has 1 aromatic heterocycles. The lowest BCUT2D eigenvalue weighted by atomic mass is 10.3. The summed E-state index contributed by atoms with van der Waals surface area (Å²) < 4.78 is 28.5. The number of hydrogen-bond donors (Lipinski definition) is 1. The summed E-state index contributed by atoms with van der Waals surface area (Å²) in [5.41, 5.74) is 0. The van der Waals surface area contributed by atoms with E-state index in [2.05, 4.69) is 15.3 Å². The van der Waals surface area contributed by atoms with Crippen LogP contribution in [0.1, 0.15) is 6.92 Å². The first-order valence-corrected chi connectivity index (χ1v) is 7.93. The van der Waals surface area contributed by atoms with E-state index in [4.69, 9.17) is 4.74 Å². The van der Waals surface area contributed by atoms with Crippen LogP contribution < -0.4 is 10.1 Å². The molecule has 0 amide bonds. The van der Waals surface area contributed by atoms with Crippen LogP contribution in [0.5, 0.6) is 11.6 Å². The van der Waals surface area contributed by atoms with Crippen LogP contribution in [0.25, 0.3) is 0 Å². The van der Waals surface area contributed by atoms with Crippen molar-refractivity contribution in [2.75, 3.05) is 18.1 Å². The summed E-state index contributed by atoms with van der Waals surface area (Å²) in [4.78, 5) is 8.39. The Balaban J connectivity index is 2.24. The number of nitrogens with one attached hydrogen (secondary N) is 1. The number of sulfone groups is 1. The van der Waals surface area contributed by atoms with E-state index in [-0.39, 0.29) is 4.90 Å². The minimum absolute atomic E-state index is 0.205. The summed E-state index contributed by atoms with van der Waals surface area (Å²) >= 11 is 0. The van der Waals surface area contributed by atoms with Crippen molar-refractivity contribution >= 4 is 15.8 Å². The first-order chi connectivity index (χ1) is 9.49. The number of hydrogen-bond acceptors (Lipinski definition) is 6. The highest BCUT2D eigenvalue weighted by atomic mass is 32.2. The highest BCUT2D eigenvalue weighted by Crippen LogP contribution is 2.22. The minimum Gasteiger partial charge on any atom is -0.439 e. The van der Waals surface area contributed by atoms with Gasteiger partial charge in [0.25, 0.3) is 0 Å². The molecule has 0 aliphatic heterocycles. The second-order valence-corrected chi connectivity index (χ2v) is 6.11. The quantitative estimate of drug-likeness (QED) is 0.909. The van der Waals surface area contributed by atoms with Crippen LogP contribution in [-0.2, 0) is 9.84 Å². The first kappa shape index (κ1) is 14.3. The van der Waals surface area contributed by atoms with Gasteiger partial charge in [-0.3, -0.25) is 0 Å². The second kappa shape index (κ2) is 5.87. The molecule has 0 unspecified atom stereocenters. The second-order valence-electron chi connectivity index (χ2n) is 4.10. The maximum Gasteiger partial charge on any atom is 0.225 e. The maximum atomic E-state index is 11.5. The zero-order chi connectivity index (χ0) is 14.6. The van der Waals surface area contributed by atoms with Crippen LogP contribution >= 0.6 is 0 Å². The van der Waals surface area contributed by atoms with Crippen molar-refractivity contribution in [3.63, 3.8) is 0 Å². The summed E-state index contributed by atoms with van der Waals surface area (Å²) in [6, 6.07) is 7.88. The Morgan fingerprint density at radius 1 is 1.30 bits per heavy atom. The lowest BCUT2D eigenvalue weighted by Crippen LogP contribution is -2.02. The number of rotatable bonds is 5.